The second-order valence-electron chi connectivity index (χ2n) is 5.89. The van der Waals surface area contributed by atoms with Crippen molar-refractivity contribution in [2.24, 2.45) is 0 Å². The Morgan fingerprint density at radius 3 is 2.56 bits per heavy atom. The molecule has 2 amide bonds. The molecule has 0 saturated carbocycles. The highest BCUT2D eigenvalue weighted by molar-refractivity contribution is 7.13. The van der Waals surface area contributed by atoms with Crippen LogP contribution in [0.25, 0.3) is 10.6 Å². The standard InChI is InChI=1S/C20H18FN3O2S/c1-13(25)23-15-8-6-14(7-9-15)20-24-16(12-27-20)10-11-22-19(26)17-4-2-3-5-18(17)21/h2-9,12H,10-11H2,1H3,(H,22,26)(H,23,25). The van der Waals surface area contributed by atoms with Gasteiger partial charge in [-0.2, -0.15) is 0 Å². The summed E-state index contributed by atoms with van der Waals surface area (Å²) in [5.74, 6) is -1.08. The van der Waals surface area contributed by atoms with Crippen LogP contribution in [0, 0.1) is 5.82 Å². The van der Waals surface area contributed by atoms with Crippen LogP contribution in [0.3, 0.4) is 0 Å². The van der Waals surface area contributed by atoms with Gasteiger partial charge in [-0.05, 0) is 36.4 Å². The quantitative estimate of drug-likeness (QED) is 0.679. The number of anilines is 1. The number of benzene rings is 2. The predicted molar refractivity (Wildman–Crippen MR) is 104 cm³/mol. The van der Waals surface area contributed by atoms with Gasteiger partial charge in [0.25, 0.3) is 5.91 Å². The van der Waals surface area contributed by atoms with Gasteiger partial charge in [-0.25, -0.2) is 9.37 Å². The molecule has 0 bridgehead atoms. The number of halogens is 1. The van der Waals surface area contributed by atoms with E-state index in [4.69, 9.17) is 0 Å². The Labute approximate surface area is 160 Å². The van der Waals surface area contributed by atoms with Gasteiger partial charge in [0.15, 0.2) is 0 Å². The van der Waals surface area contributed by atoms with Crippen molar-refractivity contribution in [1.82, 2.24) is 10.3 Å². The molecule has 0 atom stereocenters. The number of amides is 2. The molecule has 2 N–H and O–H groups in total. The normalized spacial score (nSPS) is 10.4. The number of carbonyl (C=O) groups is 2. The molecule has 0 unspecified atom stereocenters. The van der Waals surface area contributed by atoms with Gasteiger partial charge in [-0.15, -0.1) is 11.3 Å². The minimum Gasteiger partial charge on any atom is -0.352 e. The third kappa shape index (κ3) is 4.98. The molecule has 0 radical (unpaired) electrons. The van der Waals surface area contributed by atoms with E-state index in [1.165, 1.54) is 30.4 Å². The first-order chi connectivity index (χ1) is 13.0. The van der Waals surface area contributed by atoms with E-state index >= 15 is 0 Å². The fourth-order valence-corrected chi connectivity index (χ4v) is 3.36. The third-order valence-corrected chi connectivity index (χ3v) is 4.73. The zero-order valence-electron chi connectivity index (χ0n) is 14.7. The summed E-state index contributed by atoms with van der Waals surface area (Å²) in [7, 11) is 0. The molecule has 1 heterocycles. The summed E-state index contributed by atoms with van der Waals surface area (Å²) < 4.78 is 13.6. The van der Waals surface area contributed by atoms with Gasteiger partial charge in [0.05, 0.1) is 11.3 Å². The highest BCUT2D eigenvalue weighted by Crippen LogP contribution is 2.25. The predicted octanol–water partition coefficient (Wildman–Crippen LogP) is 3.88. The van der Waals surface area contributed by atoms with Crippen LogP contribution in [0.2, 0.25) is 0 Å². The van der Waals surface area contributed by atoms with E-state index in [9.17, 15) is 14.0 Å². The van der Waals surface area contributed by atoms with Crippen LogP contribution < -0.4 is 10.6 Å². The van der Waals surface area contributed by atoms with Crippen LogP contribution in [0.1, 0.15) is 23.0 Å². The van der Waals surface area contributed by atoms with E-state index in [0.29, 0.717) is 13.0 Å². The van der Waals surface area contributed by atoms with Crippen LogP contribution in [-0.4, -0.2) is 23.3 Å². The second kappa shape index (κ2) is 8.55. The smallest absolute Gasteiger partial charge is 0.254 e. The topological polar surface area (TPSA) is 71.1 Å². The van der Waals surface area contributed by atoms with Crippen LogP contribution >= 0.6 is 11.3 Å². The lowest BCUT2D eigenvalue weighted by molar-refractivity contribution is -0.114. The maximum absolute atomic E-state index is 13.6. The summed E-state index contributed by atoms with van der Waals surface area (Å²) in [6.07, 6.45) is 0.556. The van der Waals surface area contributed by atoms with Gasteiger partial charge in [0.2, 0.25) is 5.91 Å². The van der Waals surface area contributed by atoms with Crippen molar-refractivity contribution in [3.63, 3.8) is 0 Å². The van der Waals surface area contributed by atoms with Crippen molar-refractivity contribution < 1.29 is 14.0 Å². The largest absolute Gasteiger partial charge is 0.352 e. The Morgan fingerprint density at radius 1 is 1.11 bits per heavy atom. The second-order valence-corrected chi connectivity index (χ2v) is 6.75. The van der Waals surface area contributed by atoms with Crippen molar-refractivity contribution in [1.29, 1.82) is 0 Å². The van der Waals surface area contributed by atoms with E-state index in [1.807, 2.05) is 29.6 Å². The molecule has 138 valence electrons. The zero-order valence-corrected chi connectivity index (χ0v) is 15.5. The summed E-state index contributed by atoms with van der Waals surface area (Å²) in [4.78, 5) is 27.6. The summed E-state index contributed by atoms with van der Waals surface area (Å²) in [5, 5.41) is 8.23. The van der Waals surface area contributed by atoms with E-state index in [1.54, 1.807) is 12.1 Å². The van der Waals surface area contributed by atoms with Crippen molar-refractivity contribution in [3.05, 3.63) is 71.0 Å². The third-order valence-electron chi connectivity index (χ3n) is 3.79. The van der Waals surface area contributed by atoms with Crippen LogP contribution in [0.5, 0.6) is 0 Å². The van der Waals surface area contributed by atoms with E-state index in [-0.39, 0.29) is 11.5 Å². The van der Waals surface area contributed by atoms with Gasteiger partial charge < -0.3 is 10.6 Å². The fraction of sp³-hybridized carbons (Fsp3) is 0.150. The maximum Gasteiger partial charge on any atom is 0.254 e. The Bertz CT molecular complexity index is 954. The lowest BCUT2D eigenvalue weighted by Crippen LogP contribution is -2.26. The minimum absolute atomic E-state index is 0.0377. The van der Waals surface area contributed by atoms with Crippen molar-refractivity contribution in [2.75, 3.05) is 11.9 Å². The number of rotatable bonds is 6. The van der Waals surface area contributed by atoms with Crippen LogP contribution in [0.4, 0.5) is 10.1 Å². The van der Waals surface area contributed by atoms with Crippen LogP contribution in [-0.2, 0) is 11.2 Å². The van der Waals surface area contributed by atoms with Crippen LogP contribution in [0.15, 0.2) is 53.9 Å². The maximum atomic E-state index is 13.6. The Hall–Kier alpha value is -3.06. The molecule has 3 aromatic rings. The molecule has 5 nitrogen and oxygen atoms in total. The number of thiazole rings is 1. The first-order valence-corrected chi connectivity index (χ1v) is 9.26. The number of hydrogen-bond donors (Lipinski definition) is 2. The molecule has 0 fully saturated rings. The first kappa shape index (κ1) is 18.7. The summed E-state index contributed by atoms with van der Waals surface area (Å²) in [6, 6.07) is 13.3. The fourth-order valence-electron chi connectivity index (χ4n) is 2.50. The van der Waals surface area contributed by atoms with Crippen molar-refractivity contribution in [3.8, 4) is 10.6 Å². The summed E-state index contributed by atoms with van der Waals surface area (Å²) in [5.41, 5.74) is 2.58. The molecule has 0 saturated heterocycles. The van der Waals surface area contributed by atoms with Gasteiger partial charge >= 0.3 is 0 Å². The summed E-state index contributed by atoms with van der Waals surface area (Å²) in [6.45, 7) is 1.84. The molecule has 2 aromatic carbocycles. The number of carbonyl (C=O) groups excluding carboxylic acids is 2. The lowest BCUT2D eigenvalue weighted by atomic mass is 10.2. The van der Waals surface area contributed by atoms with Gasteiger partial charge in [-0.1, -0.05) is 12.1 Å². The van der Waals surface area contributed by atoms with E-state index in [2.05, 4.69) is 15.6 Å². The Morgan fingerprint density at radius 2 is 1.85 bits per heavy atom. The zero-order chi connectivity index (χ0) is 19.2. The average Bonchev–Trinajstić information content (AvgIpc) is 3.11. The van der Waals surface area contributed by atoms with E-state index in [0.717, 1.165) is 22.0 Å². The molecular formula is C20H18FN3O2S. The number of nitrogens with zero attached hydrogens (tertiary/aromatic N) is 1. The van der Waals surface area contributed by atoms with E-state index < -0.39 is 11.7 Å². The van der Waals surface area contributed by atoms with Gasteiger partial charge in [-0.3, -0.25) is 9.59 Å². The highest BCUT2D eigenvalue weighted by atomic mass is 32.1. The molecular weight excluding hydrogens is 365 g/mol. The highest BCUT2D eigenvalue weighted by Gasteiger charge is 2.11. The minimum atomic E-state index is -0.534. The number of aromatic nitrogens is 1. The molecule has 27 heavy (non-hydrogen) atoms. The van der Waals surface area contributed by atoms with Gasteiger partial charge in [0.1, 0.15) is 10.8 Å². The molecule has 0 aliphatic heterocycles. The van der Waals surface area contributed by atoms with Crippen molar-refractivity contribution in [2.45, 2.75) is 13.3 Å². The Kier molecular flexibility index (Phi) is 5.93. The van der Waals surface area contributed by atoms with Gasteiger partial charge in [0, 0.05) is 36.5 Å². The molecule has 0 spiro atoms. The molecule has 3 rings (SSSR count). The number of nitrogens with one attached hydrogen (secondary N) is 2. The molecule has 7 heteroatoms. The van der Waals surface area contributed by atoms with Crippen molar-refractivity contribution >= 4 is 28.8 Å². The average molecular weight is 383 g/mol. The molecule has 0 aliphatic carbocycles. The number of hydrogen-bond acceptors (Lipinski definition) is 4. The SMILES string of the molecule is CC(=O)Nc1ccc(-c2nc(CCNC(=O)c3ccccc3F)cs2)cc1. The lowest BCUT2D eigenvalue weighted by Gasteiger charge is -2.05. The molecule has 1 aromatic heterocycles. The monoisotopic (exact) mass is 383 g/mol. The molecule has 0 aliphatic rings. The first-order valence-electron chi connectivity index (χ1n) is 8.38. The summed E-state index contributed by atoms with van der Waals surface area (Å²) >= 11 is 1.51. The Balaban J connectivity index is 1.56.